The predicted molar refractivity (Wildman–Crippen MR) is 75.5 cm³/mol. The number of hydrogen-bond donors (Lipinski definition) is 3. The normalized spacial score (nSPS) is 22.2. The molecule has 0 spiro atoms. The minimum absolute atomic E-state index is 0.0510. The Morgan fingerprint density at radius 2 is 1.95 bits per heavy atom. The van der Waals surface area contributed by atoms with Crippen LogP contribution in [0.15, 0.2) is 18.2 Å². The van der Waals surface area contributed by atoms with Crippen molar-refractivity contribution in [2.45, 2.75) is 37.8 Å². The van der Waals surface area contributed by atoms with Crippen molar-refractivity contribution in [3.05, 3.63) is 33.9 Å². The molecule has 5 N–H and O–H groups in total. The van der Waals surface area contributed by atoms with Crippen LogP contribution in [0.25, 0.3) is 0 Å². The number of carbonyl (C=O) groups is 1. The molecular formula is C13H18N4O3. The van der Waals surface area contributed by atoms with Gasteiger partial charge in [0.2, 0.25) is 5.91 Å². The third-order valence-corrected chi connectivity index (χ3v) is 3.61. The first-order valence-electron chi connectivity index (χ1n) is 6.57. The Morgan fingerprint density at radius 1 is 1.30 bits per heavy atom. The predicted octanol–water partition coefficient (Wildman–Crippen LogP) is 1.38. The minimum Gasteiger partial charge on any atom is -0.377 e. The smallest absolute Gasteiger partial charge is 0.292 e. The first-order chi connectivity index (χ1) is 9.47. The second kappa shape index (κ2) is 5.87. The van der Waals surface area contributed by atoms with E-state index < -0.39 is 10.8 Å². The SMILES string of the molecule is NC(=O)c1ccc([N+](=O)[O-])c(NC2CCC(N)CC2)c1. The molecule has 2 rings (SSSR count). The van der Waals surface area contributed by atoms with E-state index in [0.29, 0.717) is 5.69 Å². The van der Waals surface area contributed by atoms with Gasteiger partial charge in [0.25, 0.3) is 5.69 Å². The van der Waals surface area contributed by atoms with Crippen molar-refractivity contribution in [3.8, 4) is 0 Å². The van der Waals surface area contributed by atoms with Crippen LogP contribution in [-0.4, -0.2) is 22.9 Å². The van der Waals surface area contributed by atoms with Crippen molar-refractivity contribution in [1.29, 1.82) is 0 Å². The zero-order chi connectivity index (χ0) is 14.7. The summed E-state index contributed by atoms with van der Waals surface area (Å²) >= 11 is 0. The number of amides is 1. The molecule has 1 fully saturated rings. The van der Waals surface area contributed by atoms with E-state index in [0.717, 1.165) is 25.7 Å². The van der Waals surface area contributed by atoms with Gasteiger partial charge in [-0.05, 0) is 37.8 Å². The molecule has 1 saturated carbocycles. The number of nitrogens with one attached hydrogen (secondary N) is 1. The lowest BCUT2D eigenvalue weighted by molar-refractivity contribution is -0.384. The molecule has 1 aromatic carbocycles. The Hall–Kier alpha value is -2.15. The van der Waals surface area contributed by atoms with Crippen LogP contribution in [0.2, 0.25) is 0 Å². The van der Waals surface area contributed by atoms with E-state index in [2.05, 4.69) is 5.32 Å². The average molecular weight is 278 g/mol. The van der Waals surface area contributed by atoms with Gasteiger partial charge in [0.1, 0.15) is 5.69 Å². The molecule has 0 bridgehead atoms. The Bertz CT molecular complexity index is 524. The summed E-state index contributed by atoms with van der Waals surface area (Å²) in [6.07, 6.45) is 3.50. The number of rotatable bonds is 4. The van der Waals surface area contributed by atoms with Gasteiger partial charge in [0.15, 0.2) is 0 Å². The van der Waals surface area contributed by atoms with E-state index in [-0.39, 0.29) is 23.3 Å². The molecule has 0 radical (unpaired) electrons. The first kappa shape index (κ1) is 14.3. The van der Waals surface area contributed by atoms with E-state index in [9.17, 15) is 14.9 Å². The lowest BCUT2D eigenvalue weighted by Gasteiger charge is -2.27. The number of carbonyl (C=O) groups excluding carboxylic acids is 1. The number of nitrogens with zero attached hydrogens (tertiary/aromatic N) is 1. The number of primary amides is 1. The van der Waals surface area contributed by atoms with E-state index in [4.69, 9.17) is 11.5 Å². The van der Waals surface area contributed by atoms with E-state index in [1.165, 1.54) is 18.2 Å². The van der Waals surface area contributed by atoms with E-state index in [1.807, 2.05) is 0 Å². The van der Waals surface area contributed by atoms with Gasteiger partial charge in [-0.1, -0.05) is 0 Å². The molecule has 0 unspecified atom stereocenters. The monoisotopic (exact) mass is 278 g/mol. The number of nitrogens with two attached hydrogens (primary N) is 2. The average Bonchev–Trinajstić information content (AvgIpc) is 2.41. The van der Waals surface area contributed by atoms with Crippen molar-refractivity contribution in [2.75, 3.05) is 5.32 Å². The Kier molecular flexibility index (Phi) is 4.19. The standard InChI is InChI=1S/C13H18N4O3/c14-9-2-4-10(5-3-9)16-11-7-8(13(15)18)1-6-12(11)17(19)20/h1,6-7,9-10,16H,2-5,14H2,(H2,15,18). The lowest BCUT2D eigenvalue weighted by Crippen LogP contribution is -2.33. The summed E-state index contributed by atoms with van der Waals surface area (Å²) < 4.78 is 0. The van der Waals surface area contributed by atoms with Crippen molar-refractivity contribution in [2.24, 2.45) is 11.5 Å². The molecule has 0 atom stereocenters. The second-order valence-electron chi connectivity index (χ2n) is 5.11. The third kappa shape index (κ3) is 3.24. The summed E-state index contributed by atoms with van der Waals surface area (Å²) in [7, 11) is 0. The van der Waals surface area contributed by atoms with E-state index >= 15 is 0 Å². The zero-order valence-electron chi connectivity index (χ0n) is 11.0. The van der Waals surface area contributed by atoms with Crippen LogP contribution in [-0.2, 0) is 0 Å². The van der Waals surface area contributed by atoms with Crippen LogP contribution in [0.4, 0.5) is 11.4 Å². The lowest BCUT2D eigenvalue weighted by atomic mass is 9.91. The Morgan fingerprint density at radius 3 is 2.50 bits per heavy atom. The van der Waals surface area contributed by atoms with Crippen molar-refractivity contribution in [1.82, 2.24) is 0 Å². The van der Waals surface area contributed by atoms with Crippen LogP contribution in [0.5, 0.6) is 0 Å². The Balaban J connectivity index is 2.21. The van der Waals surface area contributed by atoms with E-state index in [1.54, 1.807) is 0 Å². The topological polar surface area (TPSA) is 124 Å². The number of nitro groups is 1. The Labute approximate surface area is 116 Å². The largest absolute Gasteiger partial charge is 0.377 e. The van der Waals surface area contributed by atoms with Crippen molar-refractivity contribution >= 4 is 17.3 Å². The van der Waals surface area contributed by atoms with Crippen LogP contribution >= 0.6 is 0 Å². The zero-order valence-corrected chi connectivity index (χ0v) is 11.0. The molecule has 1 aliphatic carbocycles. The fourth-order valence-electron chi connectivity index (χ4n) is 2.45. The highest BCUT2D eigenvalue weighted by Crippen LogP contribution is 2.29. The molecule has 0 aliphatic heterocycles. The van der Waals surface area contributed by atoms with Crippen LogP contribution in [0.3, 0.4) is 0 Å². The van der Waals surface area contributed by atoms with Gasteiger partial charge in [-0.3, -0.25) is 14.9 Å². The van der Waals surface area contributed by atoms with Gasteiger partial charge in [-0.2, -0.15) is 0 Å². The summed E-state index contributed by atoms with van der Waals surface area (Å²) in [6.45, 7) is 0. The van der Waals surface area contributed by atoms with Crippen LogP contribution in [0.1, 0.15) is 36.0 Å². The molecule has 1 aromatic rings. The highest BCUT2D eigenvalue weighted by atomic mass is 16.6. The van der Waals surface area contributed by atoms with Crippen molar-refractivity contribution < 1.29 is 9.72 Å². The molecule has 20 heavy (non-hydrogen) atoms. The van der Waals surface area contributed by atoms with Crippen LogP contribution in [0, 0.1) is 10.1 Å². The molecule has 7 heteroatoms. The van der Waals surface area contributed by atoms with Gasteiger partial charge in [0, 0.05) is 23.7 Å². The highest BCUT2D eigenvalue weighted by molar-refractivity contribution is 5.94. The number of benzene rings is 1. The molecule has 1 amide bonds. The molecule has 108 valence electrons. The summed E-state index contributed by atoms with van der Waals surface area (Å²) in [5.41, 5.74) is 11.6. The van der Waals surface area contributed by atoms with Gasteiger partial charge >= 0.3 is 0 Å². The number of hydrogen-bond acceptors (Lipinski definition) is 5. The fraction of sp³-hybridized carbons (Fsp3) is 0.462. The third-order valence-electron chi connectivity index (χ3n) is 3.61. The molecule has 7 nitrogen and oxygen atoms in total. The molecule has 1 aliphatic rings. The maximum atomic E-state index is 11.2. The first-order valence-corrected chi connectivity index (χ1v) is 6.57. The summed E-state index contributed by atoms with van der Waals surface area (Å²) in [5, 5.41) is 14.2. The highest BCUT2D eigenvalue weighted by Gasteiger charge is 2.22. The second-order valence-corrected chi connectivity index (χ2v) is 5.11. The molecule has 0 heterocycles. The maximum absolute atomic E-state index is 11.2. The maximum Gasteiger partial charge on any atom is 0.292 e. The van der Waals surface area contributed by atoms with Gasteiger partial charge in [-0.25, -0.2) is 0 Å². The molecule has 0 saturated heterocycles. The van der Waals surface area contributed by atoms with Gasteiger partial charge < -0.3 is 16.8 Å². The molecule has 0 aromatic heterocycles. The number of anilines is 1. The summed E-state index contributed by atoms with van der Waals surface area (Å²) in [4.78, 5) is 21.7. The summed E-state index contributed by atoms with van der Waals surface area (Å²) in [5.74, 6) is -0.603. The van der Waals surface area contributed by atoms with Crippen molar-refractivity contribution in [3.63, 3.8) is 0 Å². The fourth-order valence-corrected chi connectivity index (χ4v) is 2.45. The van der Waals surface area contributed by atoms with Gasteiger partial charge in [-0.15, -0.1) is 0 Å². The van der Waals surface area contributed by atoms with Gasteiger partial charge in [0.05, 0.1) is 4.92 Å². The molecular weight excluding hydrogens is 260 g/mol. The summed E-state index contributed by atoms with van der Waals surface area (Å²) in [6, 6.07) is 4.45. The minimum atomic E-state index is -0.603. The van der Waals surface area contributed by atoms with Crippen LogP contribution < -0.4 is 16.8 Å². The quantitative estimate of drug-likeness (QED) is 0.566. The number of nitro benzene ring substituents is 1.